The Kier molecular flexibility index (Phi) is 2.44. The summed E-state index contributed by atoms with van der Waals surface area (Å²) >= 11 is 0. The van der Waals surface area contributed by atoms with E-state index in [1.165, 1.54) is 4.80 Å². The Hall–Kier alpha value is -2.17. The zero-order valence-electron chi connectivity index (χ0n) is 9.14. The van der Waals surface area contributed by atoms with E-state index < -0.39 is 5.91 Å². The molecule has 1 heterocycles. The van der Waals surface area contributed by atoms with Crippen LogP contribution in [0.5, 0.6) is 0 Å². The first-order valence-corrected chi connectivity index (χ1v) is 4.89. The smallest absolute Gasteiger partial charge is 0.250 e. The van der Waals surface area contributed by atoms with Crippen LogP contribution in [0, 0.1) is 13.8 Å². The highest BCUT2D eigenvalue weighted by Crippen LogP contribution is 2.13. The first-order chi connectivity index (χ1) is 7.59. The highest BCUT2D eigenvalue weighted by molar-refractivity contribution is 5.96. The second kappa shape index (κ2) is 3.77. The zero-order chi connectivity index (χ0) is 11.7. The van der Waals surface area contributed by atoms with Crippen LogP contribution in [0.2, 0.25) is 0 Å². The summed E-state index contributed by atoms with van der Waals surface area (Å²) in [5.41, 5.74) is 7.97. The molecule has 1 aromatic carbocycles. The average molecular weight is 216 g/mol. The number of rotatable bonds is 2. The van der Waals surface area contributed by atoms with E-state index >= 15 is 0 Å². The molecule has 16 heavy (non-hydrogen) atoms. The lowest BCUT2D eigenvalue weighted by Crippen LogP contribution is -2.15. The molecule has 0 spiro atoms. The average Bonchev–Trinajstić information content (AvgIpc) is 2.59. The first kappa shape index (κ1) is 10.4. The maximum Gasteiger partial charge on any atom is 0.250 e. The number of nitrogens with zero attached hydrogens (tertiary/aromatic N) is 3. The lowest BCUT2D eigenvalue weighted by Gasteiger charge is -2.04. The van der Waals surface area contributed by atoms with E-state index in [-0.39, 0.29) is 0 Å². The fourth-order valence-corrected chi connectivity index (χ4v) is 1.42. The molecule has 2 rings (SSSR count). The minimum Gasteiger partial charge on any atom is -0.366 e. The number of carbonyl (C=O) groups excluding carboxylic acids is 1. The number of carbonyl (C=O) groups is 1. The monoisotopic (exact) mass is 216 g/mol. The Balaban J connectivity index is 2.59. The number of benzene rings is 1. The molecule has 0 saturated carbocycles. The van der Waals surface area contributed by atoms with E-state index in [1.54, 1.807) is 18.2 Å². The van der Waals surface area contributed by atoms with Crippen molar-refractivity contribution in [2.24, 2.45) is 5.73 Å². The van der Waals surface area contributed by atoms with Gasteiger partial charge in [-0.3, -0.25) is 4.79 Å². The van der Waals surface area contributed by atoms with Gasteiger partial charge in [0.1, 0.15) is 0 Å². The molecule has 0 radical (unpaired) electrons. The minimum atomic E-state index is -0.483. The molecule has 2 N–H and O–H groups in total. The third-order valence-corrected chi connectivity index (χ3v) is 2.40. The summed E-state index contributed by atoms with van der Waals surface area (Å²) in [4.78, 5) is 12.7. The van der Waals surface area contributed by atoms with E-state index in [0.29, 0.717) is 11.3 Å². The number of amides is 1. The lowest BCUT2D eigenvalue weighted by molar-refractivity contribution is 0.1000. The Morgan fingerprint density at radius 3 is 2.31 bits per heavy atom. The maximum absolute atomic E-state index is 11.2. The molecule has 1 amide bonds. The second-order valence-electron chi connectivity index (χ2n) is 3.54. The van der Waals surface area contributed by atoms with Crippen molar-refractivity contribution in [2.45, 2.75) is 13.8 Å². The molecule has 2 aromatic rings. The Bertz CT molecular complexity index is 525. The van der Waals surface area contributed by atoms with Gasteiger partial charge in [0.25, 0.3) is 5.91 Å². The van der Waals surface area contributed by atoms with Gasteiger partial charge in [0, 0.05) is 0 Å². The molecule has 82 valence electrons. The highest BCUT2D eigenvalue weighted by Gasteiger charge is 2.11. The highest BCUT2D eigenvalue weighted by atomic mass is 16.1. The molecule has 0 saturated heterocycles. The Labute approximate surface area is 92.9 Å². The van der Waals surface area contributed by atoms with Crippen molar-refractivity contribution in [3.8, 4) is 5.69 Å². The van der Waals surface area contributed by atoms with Crippen molar-refractivity contribution in [1.82, 2.24) is 15.0 Å². The molecule has 5 nitrogen and oxygen atoms in total. The van der Waals surface area contributed by atoms with Crippen LogP contribution in [0.1, 0.15) is 21.7 Å². The van der Waals surface area contributed by atoms with Gasteiger partial charge in [0.15, 0.2) is 0 Å². The fourth-order valence-electron chi connectivity index (χ4n) is 1.42. The van der Waals surface area contributed by atoms with E-state index in [4.69, 9.17) is 5.73 Å². The van der Waals surface area contributed by atoms with Gasteiger partial charge >= 0.3 is 0 Å². The molecular weight excluding hydrogens is 204 g/mol. The minimum absolute atomic E-state index is 0.414. The van der Waals surface area contributed by atoms with Crippen LogP contribution in [0.25, 0.3) is 5.69 Å². The van der Waals surface area contributed by atoms with Crippen molar-refractivity contribution < 1.29 is 4.79 Å². The van der Waals surface area contributed by atoms with Gasteiger partial charge in [-0.25, -0.2) is 0 Å². The van der Waals surface area contributed by atoms with Gasteiger partial charge in [0.05, 0.1) is 22.6 Å². The quantitative estimate of drug-likeness (QED) is 0.813. The molecule has 0 fully saturated rings. The number of hydrogen-bond acceptors (Lipinski definition) is 3. The lowest BCUT2D eigenvalue weighted by atomic mass is 10.2. The molecule has 5 heteroatoms. The van der Waals surface area contributed by atoms with E-state index in [9.17, 15) is 4.79 Å². The summed E-state index contributed by atoms with van der Waals surface area (Å²) in [6.07, 6.45) is 0. The normalized spacial score (nSPS) is 10.4. The molecule has 0 aliphatic heterocycles. The largest absolute Gasteiger partial charge is 0.366 e. The second-order valence-corrected chi connectivity index (χ2v) is 3.54. The van der Waals surface area contributed by atoms with Gasteiger partial charge in [-0.05, 0) is 26.0 Å². The zero-order valence-corrected chi connectivity index (χ0v) is 9.14. The molecular formula is C11H12N4O. The van der Waals surface area contributed by atoms with Crippen LogP contribution in [-0.4, -0.2) is 20.9 Å². The van der Waals surface area contributed by atoms with Crippen molar-refractivity contribution in [3.63, 3.8) is 0 Å². The fraction of sp³-hybridized carbons (Fsp3) is 0.182. The van der Waals surface area contributed by atoms with Crippen LogP contribution in [0.4, 0.5) is 0 Å². The molecule has 1 aromatic heterocycles. The molecule has 0 atom stereocenters. The topological polar surface area (TPSA) is 73.8 Å². The number of aryl methyl sites for hydroxylation is 2. The number of hydrogen-bond donors (Lipinski definition) is 1. The van der Waals surface area contributed by atoms with Crippen LogP contribution < -0.4 is 5.73 Å². The number of primary amides is 1. The van der Waals surface area contributed by atoms with Gasteiger partial charge < -0.3 is 5.73 Å². The van der Waals surface area contributed by atoms with Gasteiger partial charge in [-0.1, -0.05) is 12.1 Å². The van der Waals surface area contributed by atoms with Crippen molar-refractivity contribution >= 4 is 5.91 Å². The van der Waals surface area contributed by atoms with Gasteiger partial charge in [-0.2, -0.15) is 15.0 Å². The summed E-state index contributed by atoms with van der Waals surface area (Å²) in [6, 6.07) is 6.99. The Morgan fingerprint density at radius 1 is 1.19 bits per heavy atom. The van der Waals surface area contributed by atoms with E-state index in [0.717, 1.165) is 11.4 Å². The third-order valence-electron chi connectivity index (χ3n) is 2.40. The summed E-state index contributed by atoms with van der Waals surface area (Å²) in [5, 5.41) is 8.44. The standard InChI is InChI=1S/C11H12N4O/c1-7-8(2)14-15(13-7)10-6-4-3-5-9(10)11(12)16/h3-6H,1-2H3,(H2,12,16). The van der Waals surface area contributed by atoms with Gasteiger partial charge in [0.2, 0.25) is 0 Å². The van der Waals surface area contributed by atoms with Crippen LogP contribution in [-0.2, 0) is 0 Å². The number of aromatic nitrogens is 3. The van der Waals surface area contributed by atoms with Crippen molar-refractivity contribution in [1.29, 1.82) is 0 Å². The van der Waals surface area contributed by atoms with Crippen molar-refractivity contribution in [2.75, 3.05) is 0 Å². The maximum atomic E-state index is 11.2. The van der Waals surface area contributed by atoms with Crippen LogP contribution >= 0.6 is 0 Å². The van der Waals surface area contributed by atoms with Gasteiger partial charge in [-0.15, -0.1) is 0 Å². The predicted molar refractivity (Wildman–Crippen MR) is 59.4 cm³/mol. The molecule has 0 aliphatic carbocycles. The summed E-state index contributed by atoms with van der Waals surface area (Å²) in [6.45, 7) is 3.73. The first-order valence-electron chi connectivity index (χ1n) is 4.89. The van der Waals surface area contributed by atoms with E-state index in [1.807, 2.05) is 19.9 Å². The molecule has 0 unspecified atom stereocenters. The molecule has 0 bridgehead atoms. The number of para-hydroxylation sites is 1. The summed E-state index contributed by atoms with van der Waals surface area (Å²) < 4.78 is 0. The summed E-state index contributed by atoms with van der Waals surface area (Å²) in [7, 11) is 0. The SMILES string of the molecule is Cc1nn(-c2ccccc2C(N)=O)nc1C. The summed E-state index contributed by atoms with van der Waals surface area (Å²) in [5.74, 6) is -0.483. The van der Waals surface area contributed by atoms with Crippen LogP contribution in [0.3, 0.4) is 0 Å². The number of nitrogens with two attached hydrogens (primary N) is 1. The molecule has 0 aliphatic rings. The third kappa shape index (κ3) is 1.67. The van der Waals surface area contributed by atoms with Crippen molar-refractivity contribution in [3.05, 3.63) is 41.2 Å². The van der Waals surface area contributed by atoms with E-state index in [2.05, 4.69) is 10.2 Å². The predicted octanol–water partition coefficient (Wildman–Crippen LogP) is 0.983. The Morgan fingerprint density at radius 2 is 1.75 bits per heavy atom. The van der Waals surface area contributed by atoms with Crippen LogP contribution in [0.15, 0.2) is 24.3 Å².